The summed E-state index contributed by atoms with van der Waals surface area (Å²) in [4.78, 5) is 24.1. The van der Waals surface area contributed by atoms with Crippen LogP contribution < -0.4 is 5.32 Å². The summed E-state index contributed by atoms with van der Waals surface area (Å²) in [6, 6.07) is 11.5. The molecule has 24 heavy (non-hydrogen) atoms. The maximum atomic E-state index is 12.5. The molecule has 0 aliphatic heterocycles. The number of pyridine rings is 1. The minimum atomic E-state index is -0.118. The second kappa shape index (κ2) is 6.00. The number of carbonyl (C=O) groups excluding carboxylic acids is 1. The molecule has 0 saturated heterocycles. The van der Waals surface area contributed by atoms with Gasteiger partial charge in [-0.2, -0.15) is 0 Å². The first-order chi connectivity index (χ1) is 11.8. The lowest BCUT2D eigenvalue weighted by atomic mass is 10.1. The van der Waals surface area contributed by atoms with Crippen molar-refractivity contribution in [2.75, 3.05) is 0 Å². The zero-order valence-corrected chi connectivity index (χ0v) is 12.8. The third-order valence-electron chi connectivity index (χ3n) is 3.89. The van der Waals surface area contributed by atoms with Crippen molar-refractivity contribution < 1.29 is 4.79 Å². The van der Waals surface area contributed by atoms with Crippen LogP contribution in [0.1, 0.15) is 15.9 Å². The number of hydrogen-bond donors (Lipinski definition) is 2. The minimum absolute atomic E-state index is 0.118. The van der Waals surface area contributed by atoms with Crippen LogP contribution in [-0.4, -0.2) is 25.4 Å². The number of para-hydroxylation sites is 1. The number of imidazole rings is 1. The van der Waals surface area contributed by atoms with Crippen LogP contribution in [0.25, 0.3) is 16.7 Å². The Morgan fingerprint density at radius 3 is 2.96 bits per heavy atom. The van der Waals surface area contributed by atoms with Gasteiger partial charge in [-0.3, -0.25) is 9.36 Å². The molecule has 4 rings (SSSR count). The van der Waals surface area contributed by atoms with E-state index in [4.69, 9.17) is 0 Å². The molecular weight excluding hydrogens is 302 g/mol. The van der Waals surface area contributed by atoms with E-state index >= 15 is 0 Å². The molecule has 0 aliphatic rings. The monoisotopic (exact) mass is 317 g/mol. The van der Waals surface area contributed by atoms with Gasteiger partial charge in [0.05, 0.1) is 5.56 Å². The fourth-order valence-corrected chi connectivity index (χ4v) is 2.72. The van der Waals surface area contributed by atoms with Gasteiger partial charge in [-0.25, -0.2) is 9.97 Å². The van der Waals surface area contributed by atoms with Crippen LogP contribution in [-0.2, 0) is 6.54 Å². The van der Waals surface area contributed by atoms with Crippen molar-refractivity contribution >= 4 is 16.8 Å². The van der Waals surface area contributed by atoms with Gasteiger partial charge in [-0.1, -0.05) is 24.3 Å². The van der Waals surface area contributed by atoms with Crippen LogP contribution in [0.5, 0.6) is 0 Å². The van der Waals surface area contributed by atoms with Gasteiger partial charge in [0.2, 0.25) is 0 Å². The number of carbonyl (C=O) groups is 1. The van der Waals surface area contributed by atoms with Gasteiger partial charge in [-0.15, -0.1) is 0 Å². The van der Waals surface area contributed by atoms with Crippen LogP contribution in [0.15, 0.2) is 67.5 Å². The summed E-state index contributed by atoms with van der Waals surface area (Å²) in [5, 5.41) is 3.88. The van der Waals surface area contributed by atoms with Gasteiger partial charge in [0.1, 0.15) is 12.1 Å². The zero-order valence-electron chi connectivity index (χ0n) is 12.8. The number of fused-ring (bicyclic) bond motifs is 1. The molecule has 0 unspecified atom stereocenters. The van der Waals surface area contributed by atoms with Crippen molar-refractivity contribution in [2.24, 2.45) is 0 Å². The number of hydrogen-bond acceptors (Lipinski definition) is 3. The second-order valence-electron chi connectivity index (χ2n) is 5.39. The molecule has 0 atom stereocenters. The maximum absolute atomic E-state index is 12.5. The molecule has 0 fully saturated rings. The molecule has 118 valence electrons. The molecule has 3 heterocycles. The van der Waals surface area contributed by atoms with Crippen LogP contribution in [0.3, 0.4) is 0 Å². The number of nitrogens with zero attached hydrogens (tertiary/aromatic N) is 3. The van der Waals surface area contributed by atoms with Gasteiger partial charge < -0.3 is 10.3 Å². The first-order valence-electron chi connectivity index (χ1n) is 7.59. The largest absolute Gasteiger partial charge is 0.360 e. The van der Waals surface area contributed by atoms with Crippen molar-refractivity contribution in [3.63, 3.8) is 0 Å². The summed E-state index contributed by atoms with van der Waals surface area (Å²) >= 11 is 0. The summed E-state index contributed by atoms with van der Waals surface area (Å²) in [7, 11) is 0. The van der Waals surface area contributed by atoms with Gasteiger partial charge in [0, 0.05) is 47.8 Å². The molecule has 0 bridgehead atoms. The summed E-state index contributed by atoms with van der Waals surface area (Å²) < 4.78 is 1.83. The van der Waals surface area contributed by atoms with Gasteiger partial charge in [0.15, 0.2) is 0 Å². The molecule has 0 aliphatic carbocycles. The van der Waals surface area contributed by atoms with Crippen molar-refractivity contribution in [2.45, 2.75) is 6.54 Å². The molecule has 2 N–H and O–H groups in total. The Bertz CT molecular complexity index is 988. The van der Waals surface area contributed by atoms with E-state index in [9.17, 15) is 4.79 Å². The third-order valence-corrected chi connectivity index (χ3v) is 3.89. The summed E-state index contributed by atoms with van der Waals surface area (Å²) in [6.07, 6.45) is 8.67. The molecule has 1 amide bonds. The van der Waals surface area contributed by atoms with Crippen molar-refractivity contribution in [3.8, 4) is 5.82 Å². The van der Waals surface area contributed by atoms with Gasteiger partial charge in [-0.05, 0) is 12.1 Å². The lowest BCUT2D eigenvalue weighted by molar-refractivity contribution is 0.0952. The Kier molecular flexibility index (Phi) is 3.55. The number of H-pyrrole nitrogens is 1. The summed E-state index contributed by atoms with van der Waals surface area (Å²) in [5.74, 6) is 0.641. The van der Waals surface area contributed by atoms with E-state index in [0.717, 1.165) is 22.3 Å². The first kappa shape index (κ1) is 14.2. The number of amides is 1. The Morgan fingerprint density at radius 2 is 2.08 bits per heavy atom. The highest BCUT2D eigenvalue weighted by Gasteiger charge is 2.12. The van der Waals surface area contributed by atoms with E-state index in [0.29, 0.717) is 12.1 Å². The van der Waals surface area contributed by atoms with Gasteiger partial charge >= 0.3 is 0 Å². The number of aromatic amines is 1. The Labute approximate surface area is 138 Å². The van der Waals surface area contributed by atoms with Gasteiger partial charge in [0.25, 0.3) is 5.91 Å². The van der Waals surface area contributed by atoms with Crippen molar-refractivity contribution in [1.82, 2.24) is 24.8 Å². The molecule has 6 heteroatoms. The number of nitrogens with one attached hydrogen (secondary N) is 2. The van der Waals surface area contributed by atoms with Crippen LogP contribution in [0.4, 0.5) is 0 Å². The zero-order chi connectivity index (χ0) is 16.4. The fraction of sp³-hybridized carbons (Fsp3) is 0.0556. The molecule has 1 aromatic carbocycles. The Morgan fingerprint density at radius 1 is 1.17 bits per heavy atom. The highest BCUT2D eigenvalue weighted by molar-refractivity contribution is 6.06. The van der Waals surface area contributed by atoms with E-state index in [1.807, 2.05) is 47.2 Å². The molecule has 4 aromatic rings. The number of benzene rings is 1. The molecule has 0 spiro atoms. The maximum Gasteiger partial charge on any atom is 0.253 e. The highest BCUT2D eigenvalue weighted by atomic mass is 16.1. The lowest BCUT2D eigenvalue weighted by Gasteiger charge is -2.10. The van der Waals surface area contributed by atoms with E-state index in [2.05, 4.69) is 20.3 Å². The molecule has 6 nitrogen and oxygen atoms in total. The number of aromatic nitrogens is 4. The van der Waals surface area contributed by atoms with Crippen LogP contribution in [0.2, 0.25) is 0 Å². The summed E-state index contributed by atoms with van der Waals surface area (Å²) in [5.41, 5.74) is 2.51. The van der Waals surface area contributed by atoms with E-state index < -0.39 is 0 Å². The van der Waals surface area contributed by atoms with Crippen LogP contribution in [0, 0.1) is 0 Å². The Hall–Kier alpha value is -3.41. The lowest BCUT2D eigenvalue weighted by Crippen LogP contribution is -2.23. The van der Waals surface area contributed by atoms with E-state index in [1.54, 1.807) is 24.9 Å². The van der Waals surface area contributed by atoms with Crippen LogP contribution >= 0.6 is 0 Å². The van der Waals surface area contributed by atoms with E-state index in [-0.39, 0.29) is 5.91 Å². The van der Waals surface area contributed by atoms with E-state index in [1.165, 1.54) is 0 Å². The van der Waals surface area contributed by atoms with Crippen molar-refractivity contribution in [3.05, 3.63) is 78.6 Å². The second-order valence-corrected chi connectivity index (χ2v) is 5.39. The average molecular weight is 317 g/mol. The third kappa shape index (κ3) is 2.54. The smallest absolute Gasteiger partial charge is 0.253 e. The fourth-order valence-electron chi connectivity index (χ4n) is 2.72. The van der Waals surface area contributed by atoms with Crippen molar-refractivity contribution in [1.29, 1.82) is 0 Å². The average Bonchev–Trinajstić information content (AvgIpc) is 3.29. The normalized spacial score (nSPS) is 10.8. The topological polar surface area (TPSA) is 75.6 Å². The predicted octanol–water partition coefficient (Wildman–Crippen LogP) is 2.68. The molecule has 3 aromatic heterocycles. The first-order valence-corrected chi connectivity index (χ1v) is 7.59. The molecular formula is C18H15N5O. The SMILES string of the molecule is O=C(NCc1cccnc1-n1ccnc1)c1c[nH]c2ccccc12. The highest BCUT2D eigenvalue weighted by Crippen LogP contribution is 2.18. The minimum Gasteiger partial charge on any atom is -0.360 e. The summed E-state index contributed by atoms with van der Waals surface area (Å²) in [6.45, 7) is 0.389. The molecule has 0 saturated carbocycles. The quantitative estimate of drug-likeness (QED) is 0.607. The number of rotatable bonds is 4. The molecule has 0 radical (unpaired) electrons. The standard InChI is InChI=1S/C18H15N5O/c24-18(15-11-21-16-6-2-1-5-14(15)16)22-10-13-4-3-7-20-17(13)23-9-8-19-12-23/h1-9,11-12,21H,10H2,(H,22,24). The Balaban J connectivity index is 1.56. The predicted molar refractivity (Wildman–Crippen MR) is 90.8 cm³/mol.